The Morgan fingerprint density at radius 1 is 1.30 bits per heavy atom. The first kappa shape index (κ1) is 14.7. The Morgan fingerprint density at radius 2 is 2.10 bits per heavy atom. The third-order valence-corrected chi connectivity index (χ3v) is 3.66. The Balaban J connectivity index is 2.28. The molecule has 0 aliphatic carbocycles. The Labute approximate surface area is 120 Å². The lowest BCUT2D eigenvalue weighted by atomic mass is 10.1. The molecule has 0 saturated carbocycles. The topological polar surface area (TPSA) is 61.6 Å². The normalized spacial score (nSPS) is 16.8. The van der Waals surface area contributed by atoms with Crippen molar-refractivity contribution in [2.75, 3.05) is 50.4 Å². The molecule has 0 radical (unpaired) electrons. The van der Waals surface area contributed by atoms with Crippen molar-refractivity contribution in [1.82, 2.24) is 10.2 Å². The number of carbonyl (C=O) groups is 1. The van der Waals surface area contributed by atoms with Gasteiger partial charge in [-0.15, -0.1) is 0 Å². The number of amides is 1. The molecule has 1 aliphatic heterocycles. The fraction of sp³-hybridized carbons (Fsp3) is 0.533. The number of anilines is 2. The lowest BCUT2D eigenvalue weighted by molar-refractivity contribution is 0.0956. The first-order chi connectivity index (χ1) is 9.61. The summed E-state index contributed by atoms with van der Waals surface area (Å²) in [6.07, 6.45) is 1.10. The number of carbonyl (C=O) groups excluding carboxylic acids is 1. The van der Waals surface area contributed by atoms with Gasteiger partial charge in [0.15, 0.2) is 0 Å². The van der Waals surface area contributed by atoms with Crippen LogP contribution in [0.25, 0.3) is 0 Å². The highest BCUT2D eigenvalue weighted by Gasteiger charge is 2.19. The van der Waals surface area contributed by atoms with Gasteiger partial charge in [-0.25, -0.2) is 0 Å². The zero-order valence-corrected chi connectivity index (χ0v) is 12.4. The van der Waals surface area contributed by atoms with E-state index in [9.17, 15) is 4.79 Å². The molecule has 0 bridgehead atoms. The van der Waals surface area contributed by atoms with E-state index < -0.39 is 0 Å². The summed E-state index contributed by atoms with van der Waals surface area (Å²) in [6, 6.07) is 5.53. The molecule has 1 saturated heterocycles. The van der Waals surface area contributed by atoms with E-state index in [4.69, 9.17) is 5.73 Å². The van der Waals surface area contributed by atoms with Crippen LogP contribution in [0.3, 0.4) is 0 Å². The van der Waals surface area contributed by atoms with E-state index in [-0.39, 0.29) is 5.91 Å². The van der Waals surface area contributed by atoms with Crippen molar-refractivity contribution < 1.29 is 4.79 Å². The number of nitrogen functional groups attached to an aromatic ring is 1. The summed E-state index contributed by atoms with van der Waals surface area (Å²) in [5.41, 5.74) is 8.27. The molecule has 3 N–H and O–H groups in total. The molecule has 5 nitrogen and oxygen atoms in total. The molecule has 2 rings (SSSR count). The Kier molecular flexibility index (Phi) is 4.84. The molecule has 1 aromatic rings. The monoisotopic (exact) mass is 276 g/mol. The van der Waals surface area contributed by atoms with Crippen LogP contribution in [0, 0.1) is 0 Å². The number of benzene rings is 1. The smallest absolute Gasteiger partial charge is 0.253 e. The molecule has 1 heterocycles. The number of hydrogen-bond acceptors (Lipinski definition) is 4. The standard InChI is InChI=1S/C15H24N4O/c1-3-17-15(20)13-6-5-12(16)11-14(13)19-8-4-7-18(2)9-10-19/h5-6,11H,3-4,7-10,16H2,1-2H3,(H,17,20). The Bertz CT molecular complexity index is 475. The first-order valence-electron chi connectivity index (χ1n) is 7.23. The van der Waals surface area contributed by atoms with Gasteiger partial charge in [-0.2, -0.15) is 0 Å². The number of nitrogens with one attached hydrogen (secondary N) is 1. The van der Waals surface area contributed by atoms with Crippen LogP contribution in [0.15, 0.2) is 18.2 Å². The highest BCUT2D eigenvalue weighted by Crippen LogP contribution is 2.25. The quantitative estimate of drug-likeness (QED) is 0.813. The van der Waals surface area contributed by atoms with Crippen LogP contribution in [0.4, 0.5) is 11.4 Å². The van der Waals surface area contributed by atoms with Gasteiger partial charge in [0.25, 0.3) is 5.91 Å². The fourth-order valence-electron chi connectivity index (χ4n) is 2.55. The number of rotatable bonds is 3. The maximum absolute atomic E-state index is 12.2. The Hall–Kier alpha value is -1.75. The van der Waals surface area contributed by atoms with E-state index in [0.29, 0.717) is 17.8 Å². The SMILES string of the molecule is CCNC(=O)c1ccc(N)cc1N1CCCN(C)CC1. The number of likely N-dealkylation sites (N-methyl/N-ethyl adjacent to an activating group) is 1. The van der Waals surface area contributed by atoms with E-state index in [0.717, 1.165) is 38.3 Å². The molecule has 0 unspecified atom stereocenters. The summed E-state index contributed by atoms with van der Waals surface area (Å²) in [5, 5.41) is 2.87. The molecule has 20 heavy (non-hydrogen) atoms. The van der Waals surface area contributed by atoms with Crippen LogP contribution in [0.2, 0.25) is 0 Å². The predicted molar refractivity (Wildman–Crippen MR) is 83.2 cm³/mol. The molecule has 110 valence electrons. The second-order valence-electron chi connectivity index (χ2n) is 5.28. The summed E-state index contributed by atoms with van der Waals surface area (Å²) in [4.78, 5) is 16.8. The molecular formula is C15H24N4O. The van der Waals surface area contributed by atoms with E-state index in [1.807, 2.05) is 19.1 Å². The largest absolute Gasteiger partial charge is 0.399 e. The zero-order chi connectivity index (χ0) is 14.5. The van der Waals surface area contributed by atoms with Crippen LogP contribution in [0.1, 0.15) is 23.7 Å². The van der Waals surface area contributed by atoms with E-state index in [2.05, 4.69) is 22.2 Å². The van der Waals surface area contributed by atoms with Crippen LogP contribution in [-0.4, -0.2) is 50.6 Å². The second-order valence-corrected chi connectivity index (χ2v) is 5.28. The van der Waals surface area contributed by atoms with Crippen LogP contribution >= 0.6 is 0 Å². The molecular weight excluding hydrogens is 252 g/mol. The van der Waals surface area contributed by atoms with Crippen LogP contribution in [0.5, 0.6) is 0 Å². The van der Waals surface area contributed by atoms with Gasteiger partial charge < -0.3 is 20.9 Å². The first-order valence-corrected chi connectivity index (χ1v) is 7.23. The van der Waals surface area contributed by atoms with Crippen molar-refractivity contribution in [3.63, 3.8) is 0 Å². The molecule has 5 heteroatoms. The molecule has 1 fully saturated rings. The van der Waals surface area contributed by atoms with Crippen LogP contribution in [-0.2, 0) is 0 Å². The molecule has 1 amide bonds. The summed E-state index contributed by atoms with van der Waals surface area (Å²) < 4.78 is 0. The zero-order valence-electron chi connectivity index (χ0n) is 12.4. The number of nitrogens with two attached hydrogens (primary N) is 1. The van der Waals surface area contributed by atoms with E-state index in [1.54, 1.807) is 6.07 Å². The van der Waals surface area contributed by atoms with Crippen molar-refractivity contribution in [2.24, 2.45) is 0 Å². The lowest BCUT2D eigenvalue weighted by Gasteiger charge is -2.25. The van der Waals surface area contributed by atoms with Crippen molar-refractivity contribution in [2.45, 2.75) is 13.3 Å². The molecule has 0 spiro atoms. The predicted octanol–water partition coefficient (Wildman–Crippen LogP) is 1.16. The van der Waals surface area contributed by atoms with Gasteiger partial charge >= 0.3 is 0 Å². The minimum Gasteiger partial charge on any atom is -0.399 e. The summed E-state index contributed by atoms with van der Waals surface area (Å²) in [6.45, 7) is 6.53. The number of hydrogen-bond donors (Lipinski definition) is 2. The van der Waals surface area contributed by atoms with Gasteiger partial charge in [0.05, 0.1) is 11.3 Å². The highest BCUT2D eigenvalue weighted by molar-refractivity contribution is 6.00. The number of nitrogens with zero attached hydrogens (tertiary/aromatic N) is 2. The van der Waals surface area contributed by atoms with Gasteiger partial charge in [0, 0.05) is 31.9 Å². The van der Waals surface area contributed by atoms with E-state index >= 15 is 0 Å². The molecule has 0 atom stereocenters. The molecule has 1 aromatic carbocycles. The average molecular weight is 276 g/mol. The van der Waals surface area contributed by atoms with Gasteiger partial charge in [0.2, 0.25) is 0 Å². The maximum atomic E-state index is 12.2. The third kappa shape index (κ3) is 3.42. The van der Waals surface area contributed by atoms with Gasteiger partial charge in [-0.05, 0) is 45.1 Å². The summed E-state index contributed by atoms with van der Waals surface area (Å²) in [7, 11) is 2.13. The lowest BCUT2D eigenvalue weighted by Crippen LogP contribution is -2.32. The van der Waals surface area contributed by atoms with Gasteiger partial charge in [0.1, 0.15) is 0 Å². The average Bonchev–Trinajstić information content (AvgIpc) is 2.63. The summed E-state index contributed by atoms with van der Waals surface area (Å²) in [5.74, 6) is -0.0277. The summed E-state index contributed by atoms with van der Waals surface area (Å²) >= 11 is 0. The highest BCUT2D eigenvalue weighted by atomic mass is 16.1. The second kappa shape index (κ2) is 6.61. The minimum absolute atomic E-state index is 0.0277. The maximum Gasteiger partial charge on any atom is 0.253 e. The Morgan fingerprint density at radius 3 is 2.85 bits per heavy atom. The van der Waals surface area contributed by atoms with Crippen molar-refractivity contribution in [3.05, 3.63) is 23.8 Å². The molecule has 1 aliphatic rings. The van der Waals surface area contributed by atoms with Gasteiger partial charge in [-0.3, -0.25) is 4.79 Å². The van der Waals surface area contributed by atoms with Gasteiger partial charge in [-0.1, -0.05) is 0 Å². The van der Waals surface area contributed by atoms with Crippen LogP contribution < -0.4 is 16.0 Å². The van der Waals surface area contributed by atoms with Crippen molar-refractivity contribution >= 4 is 17.3 Å². The van der Waals surface area contributed by atoms with Crippen molar-refractivity contribution in [3.8, 4) is 0 Å². The fourth-order valence-corrected chi connectivity index (χ4v) is 2.55. The molecule has 0 aromatic heterocycles. The third-order valence-electron chi connectivity index (χ3n) is 3.66. The minimum atomic E-state index is -0.0277. The van der Waals surface area contributed by atoms with Crippen molar-refractivity contribution in [1.29, 1.82) is 0 Å². The van der Waals surface area contributed by atoms with E-state index in [1.165, 1.54) is 0 Å².